The third-order valence-corrected chi connectivity index (χ3v) is 3.50. The minimum atomic E-state index is -0.972. The molecule has 0 aliphatic carbocycles. The van der Waals surface area contributed by atoms with Crippen molar-refractivity contribution in [3.05, 3.63) is 0 Å². The van der Waals surface area contributed by atoms with Crippen molar-refractivity contribution < 1.29 is 14.7 Å². The predicted molar refractivity (Wildman–Crippen MR) is 64.9 cm³/mol. The minimum Gasteiger partial charge on any atom is -0.480 e. The van der Waals surface area contributed by atoms with Crippen molar-refractivity contribution in [3.63, 3.8) is 0 Å². The maximum atomic E-state index is 12.1. The van der Waals surface area contributed by atoms with Crippen LogP contribution in [0.4, 0.5) is 4.79 Å². The van der Waals surface area contributed by atoms with E-state index in [1.807, 2.05) is 6.92 Å². The number of carbonyl (C=O) groups excluding carboxylic acids is 1. The van der Waals surface area contributed by atoms with E-state index in [0.29, 0.717) is 6.42 Å². The average Bonchev–Trinajstić information content (AvgIpc) is 2.66. The molecule has 0 aromatic carbocycles. The van der Waals surface area contributed by atoms with Crippen LogP contribution < -0.4 is 5.32 Å². The highest BCUT2D eigenvalue weighted by Gasteiger charge is 2.34. The number of nitrogens with zero attached hydrogens (tertiary/aromatic N) is 1. The van der Waals surface area contributed by atoms with Crippen molar-refractivity contribution in [2.24, 2.45) is 0 Å². The van der Waals surface area contributed by atoms with Crippen LogP contribution in [0.3, 0.4) is 0 Å². The van der Waals surface area contributed by atoms with Gasteiger partial charge in [0.2, 0.25) is 0 Å². The lowest BCUT2D eigenvalue weighted by Crippen LogP contribution is -2.51. The molecule has 1 fully saturated rings. The number of hydrogen-bond donors (Lipinski definition) is 2. The van der Waals surface area contributed by atoms with Gasteiger partial charge in [-0.25, -0.2) is 9.59 Å². The number of urea groups is 1. The lowest BCUT2D eigenvalue weighted by Gasteiger charge is -2.29. The number of rotatable bonds is 4. The second-order valence-corrected chi connectivity index (χ2v) is 4.64. The highest BCUT2D eigenvalue weighted by atomic mass is 16.4. The molecule has 2 amide bonds. The second-order valence-electron chi connectivity index (χ2n) is 4.64. The van der Waals surface area contributed by atoms with Gasteiger partial charge in [-0.2, -0.15) is 0 Å². The Labute approximate surface area is 102 Å². The van der Waals surface area contributed by atoms with Gasteiger partial charge in [0, 0.05) is 12.1 Å². The van der Waals surface area contributed by atoms with Gasteiger partial charge in [-0.3, -0.25) is 0 Å². The highest BCUT2D eigenvalue weighted by molar-refractivity contribution is 5.83. The largest absolute Gasteiger partial charge is 0.480 e. The van der Waals surface area contributed by atoms with E-state index >= 15 is 0 Å². The predicted octanol–water partition coefficient (Wildman–Crippen LogP) is 1.82. The molecule has 2 N–H and O–H groups in total. The first-order valence-corrected chi connectivity index (χ1v) is 6.32. The van der Waals surface area contributed by atoms with E-state index < -0.39 is 12.0 Å². The number of amides is 2. The topological polar surface area (TPSA) is 69.6 Å². The van der Waals surface area contributed by atoms with Gasteiger partial charge in [-0.15, -0.1) is 0 Å². The number of likely N-dealkylation sites (tertiary alicyclic amines) is 1. The summed E-state index contributed by atoms with van der Waals surface area (Å²) >= 11 is 0. The molecule has 0 radical (unpaired) electrons. The molecule has 1 heterocycles. The fourth-order valence-corrected chi connectivity index (χ4v) is 2.40. The Balaban J connectivity index is 2.65. The van der Waals surface area contributed by atoms with Gasteiger partial charge in [0.1, 0.15) is 6.04 Å². The molecule has 1 saturated heterocycles. The average molecular weight is 242 g/mol. The van der Waals surface area contributed by atoms with Crippen LogP contribution in [0.15, 0.2) is 0 Å². The fourth-order valence-electron chi connectivity index (χ4n) is 2.40. The van der Waals surface area contributed by atoms with Crippen molar-refractivity contribution in [2.45, 2.75) is 64.6 Å². The van der Waals surface area contributed by atoms with Gasteiger partial charge in [0.15, 0.2) is 0 Å². The van der Waals surface area contributed by atoms with Crippen LogP contribution >= 0.6 is 0 Å². The van der Waals surface area contributed by atoms with E-state index in [9.17, 15) is 9.59 Å². The van der Waals surface area contributed by atoms with Crippen LogP contribution in [0.2, 0.25) is 0 Å². The Bertz CT molecular complexity index is 293. The zero-order valence-corrected chi connectivity index (χ0v) is 10.8. The van der Waals surface area contributed by atoms with Crippen molar-refractivity contribution in [1.82, 2.24) is 10.2 Å². The standard InChI is InChI=1S/C12H22N2O3/c1-4-9-7-6-8(3)14(9)12(17)13-10(5-2)11(15)16/h8-10H,4-7H2,1-3H3,(H,13,17)(H,15,16)/t8?,9?,10-/m1/s1. The summed E-state index contributed by atoms with van der Waals surface area (Å²) in [6, 6.07) is -0.577. The summed E-state index contributed by atoms with van der Waals surface area (Å²) in [7, 11) is 0. The Morgan fingerprint density at radius 2 is 2.06 bits per heavy atom. The van der Waals surface area contributed by atoms with Crippen molar-refractivity contribution >= 4 is 12.0 Å². The quantitative estimate of drug-likeness (QED) is 0.790. The van der Waals surface area contributed by atoms with Crippen LogP contribution in [-0.4, -0.2) is 40.1 Å². The Kier molecular flexibility index (Phi) is 4.78. The molecule has 0 saturated carbocycles. The minimum absolute atomic E-state index is 0.200. The Hall–Kier alpha value is -1.26. The molecule has 0 spiro atoms. The maximum Gasteiger partial charge on any atom is 0.326 e. The summed E-state index contributed by atoms with van der Waals surface area (Å²) in [5, 5.41) is 11.5. The van der Waals surface area contributed by atoms with Crippen LogP contribution in [0.25, 0.3) is 0 Å². The third-order valence-electron chi connectivity index (χ3n) is 3.50. The number of carboxylic acids is 1. The van der Waals surface area contributed by atoms with E-state index in [1.54, 1.807) is 11.8 Å². The van der Waals surface area contributed by atoms with E-state index in [1.165, 1.54) is 0 Å². The molecular formula is C12H22N2O3. The van der Waals surface area contributed by atoms with Crippen molar-refractivity contribution in [1.29, 1.82) is 0 Å². The number of carboxylic acid groups (broad SMARTS) is 1. The van der Waals surface area contributed by atoms with Crippen LogP contribution in [0, 0.1) is 0 Å². The molecule has 5 heteroatoms. The molecule has 2 unspecified atom stereocenters. The summed E-state index contributed by atoms with van der Waals surface area (Å²) in [4.78, 5) is 24.7. The maximum absolute atomic E-state index is 12.1. The molecule has 1 aliphatic rings. The highest BCUT2D eigenvalue weighted by Crippen LogP contribution is 2.25. The van der Waals surface area contributed by atoms with E-state index in [2.05, 4.69) is 12.2 Å². The van der Waals surface area contributed by atoms with Gasteiger partial charge >= 0.3 is 12.0 Å². The normalized spacial score (nSPS) is 25.7. The van der Waals surface area contributed by atoms with Crippen LogP contribution in [-0.2, 0) is 4.79 Å². The molecule has 1 aliphatic heterocycles. The van der Waals surface area contributed by atoms with Crippen LogP contribution in [0.5, 0.6) is 0 Å². The number of nitrogens with one attached hydrogen (secondary N) is 1. The first-order valence-electron chi connectivity index (χ1n) is 6.32. The molecule has 0 bridgehead atoms. The number of aliphatic carboxylic acids is 1. The zero-order chi connectivity index (χ0) is 13.0. The monoisotopic (exact) mass is 242 g/mol. The van der Waals surface area contributed by atoms with E-state index in [-0.39, 0.29) is 18.1 Å². The van der Waals surface area contributed by atoms with Gasteiger partial charge < -0.3 is 15.3 Å². The molecule has 5 nitrogen and oxygen atoms in total. The molecule has 98 valence electrons. The number of hydrogen-bond acceptors (Lipinski definition) is 2. The molecule has 0 aromatic heterocycles. The molecule has 1 rings (SSSR count). The van der Waals surface area contributed by atoms with Crippen molar-refractivity contribution in [3.8, 4) is 0 Å². The van der Waals surface area contributed by atoms with Gasteiger partial charge in [-0.1, -0.05) is 13.8 Å². The lowest BCUT2D eigenvalue weighted by atomic mass is 10.1. The van der Waals surface area contributed by atoms with Crippen molar-refractivity contribution in [2.75, 3.05) is 0 Å². The van der Waals surface area contributed by atoms with Gasteiger partial charge in [0.05, 0.1) is 0 Å². The van der Waals surface area contributed by atoms with Gasteiger partial charge in [-0.05, 0) is 32.6 Å². The fraction of sp³-hybridized carbons (Fsp3) is 0.833. The van der Waals surface area contributed by atoms with E-state index in [0.717, 1.165) is 19.3 Å². The summed E-state index contributed by atoms with van der Waals surface area (Å²) < 4.78 is 0. The summed E-state index contributed by atoms with van der Waals surface area (Å²) in [5.74, 6) is -0.972. The summed E-state index contributed by atoms with van der Waals surface area (Å²) in [5.41, 5.74) is 0. The smallest absolute Gasteiger partial charge is 0.326 e. The zero-order valence-electron chi connectivity index (χ0n) is 10.8. The second kappa shape index (κ2) is 5.89. The Morgan fingerprint density at radius 1 is 1.41 bits per heavy atom. The molecule has 17 heavy (non-hydrogen) atoms. The van der Waals surface area contributed by atoms with E-state index in [4.69, 9.17) is 5.11 Å². The van der Waals surface area contributed by atoms with Gasteiger partial charge in [0.25, 0.3) is 0 Å². The summed E-state index contributed by atoms with van der Waals surface area (Å²) in [6.45, 7) is 5.82. The molecule has 0 aromatic rings. The lowest BCUT2D eigenvalue weighted by molar-refractivity contribution is -0.139. The number of carbonyl (C=O) groups is 2. The third kappa shape index (κ3) is 3.11. The first-order chi connectivity index (χ1) is 8.01. The Morgan fingerprint density at radius 3 is 2.53 bits per heavy atom. The first kappa shape index (κ1) is 13.8. The SMILES string of the molecule is CCC1CCC(C)N1C(=O)N[C@H](CC)C(=O)O. The summed E-state index contributed by atoms with van der Waals surface area (Å²) in [6.07, 6.45) is 3.33. The van der Waals surface area contributed by atoms with Crippen LogP contribution in [0.1, 0.15) is 46.5 Å². The molecular weight excluding hydrogens is 220 g/mol. The molecule has 3 atom stereocenters.